The van der Waals surface area contributed by atoms with E-state index in [-0.39, 0.29) is 23.1 Å². The third kappa shape index (κ3) is 16.8. The Labute approximate surface area is 127 Å². The first-order chi connectivity index (χ1) is 7.60. The molecule has 0 aromatic rings. The van der Waals surface area contributed by atoms with Gasteiger partial charge in [0.1, 0.15) is 0 Å². The average molecular weight is 251 g/mol. The van der Waals surface area contributed by atoms with E-state index in [1.807, 2.05) is 0 Å². The predicted octanol–water partition coefficient (Wildman–Crippen LogP) is 5.84. The van der Waals surface area contributed by atoms with Crippen molar-refractivity contribution in [1.82, 2.24) is 0 Å². The molecule has 0 aromatic heterocycles. The van der Waals surface area contributed by atoms with Gasteiger partial charge in [-0.3, -0.25) is 0 Å². The molecule has 0 rings (SSSR count). The minimum Gasteiger partial charge on any atom is -0.332 e. The molecule has 100 valence electrons. The largest absolute Gasteiger partial charge is 2.00 e. The van der Waals surface area contributed by atoms with Crippen LogP contribution in [0.25, 0.3) is 0 Å². The van der Waals surface area contributed by atoms with Crippen LogP contribution in [-0.4, -0.2) is 23.1 Å². The van der Waals surface area contributed by atoms with E-state index < -0.39 is 0 Å². The molecule has 0 radical (unpaired) electrons. The fraction of sp³-hybridized carbons (Fsp3) is 0.875. The van der Waals surface area contributed by atoms with Gasteiger partial charge in [0, 0.05) is 0 Å². The molecular formula is C16H34Mg. The van der Waals surface area contributed by atoms with Gasteiger partial charge in [-0.1, -0.05) is 66.2 Å². The third-order valence-corrected chi connectivity index (χ3v) is 3.31. The Morgan fingerprint density at radius 3 is 1.41 bits per heavy atom. The number of hydrogen-bond donors (Lipinski definition) is 0. The van der Waals surface area contributed by atoms with Crippen LogP contribution in [0.4, 0.5) is 0 Å². The van der Waals surface area contributed by atoms with Gasteiger partial charge >= 0.3 is 23.1 Å². The molecule has 0 saturated carbocycles. The van der Waals surface area contributed by atoms with Crippen molar-refractivity contribution in [2.24, 2.45) is 5.41 Å². The van der Waals surface area contributed by atoms with E-state index in [1.54, 1.807) is 0 Å². The fourth-order valence-electron chi connectivity index (χ4n) is 1.57. The molecule has 0 aliphatic carbocycles. The Hall–Kier alpha value is 0.766. The molecule has 0 aliphatic heterocycles. The van der Waals surface area contributed by atoms with Gasteiger partial charge < -0.3 is 12.8 Å². The summed E-state index contributed by atoms with van der Waals surface area (Å²) in [4.78, 5) is 0. The normalized spacial score (nSPS) is 10.2. The van der Waals surface area contributed by atoms with Crippen LogP contribution in [0, 0.1) is 18.3 Å². The molecule has 0 unspecified atom stereocenters. The Morgan fingerprint density at radius 2 is 1.24 bits per heavy atom. The van der Waals surface area contributed by atoms with Gasteiger partial charge in [-0.25, -0.2) is 0 Å². The van der Waals surface area contributed by atoms with Crippen LogP contribution in [0.15, 0.2) is 0 Å². The van der Waals surface area contributed by atoms with Crippen molar-refractivity contribution in [1.29, 1.82) is 0 Å². The second kappa shape index (κ2) is 16.8. The van der Waals surface area contributed by atoms with Gasteiger partial charge in [0.05, 0.1) is 0 Å². The molecule has 1 heteroatoms. The molecule has 0 N–H and O–H groups in total. The van der Waals surface area contributed by atoms with Crippen LogP contribution in [-0.2, 0) is 0 Å². The third-order valence-electron chi connectivity index (χ3n) is 3.31. The number of hydrogen-bond acceptors (Lipinski definition) is 0. The topological polar surface area (TPSA) is 0 Å². The van der Waals surface area contributed by atoms with Crippen molar-refractivity contribution in [2.45, 2.75) is 86.5 Å². The first-order valence-corrected chi connectivity index (χ1v) is 7.18. The average Bonchev–Trinajstić information content (AvgIpc) is 2.34. The minimum absolute atomic E-state index is 0. The van der Waals surface area contributed by atoms with Gasteiger partial charge in [0.2, 0.25) is 0 Å². The van der Waals surface area contributed by atoms with Gasteiger partial charge in [-0.15, -0.1) is 0 Å². The number of rotatable bonds is 8. The smallest absolute Gasteiger partial charge is 0.332 e. The first kappa shape index (κ1) is 22.9. The molecule has 0 nitrogen and oxygen atoms in total. The Bertz CT molecular complexity index is 111. The Balaban J connectivity index is -0.000000340. The predicted molar refractivity (Wildman–Crippen MR) is 83.2 cm³/mol. The molecular weight excluding hydrogens is 216 g/mol. The summed E-state index contributed by atoms with van der Waals surface area (Å²) >= 11 is 0. The SMILES string of the molecule is C[CH-]C(C)(CCCC)CCCC.C[CH-]CC.[Mg+2]. The van der Waals surface area contributed by atoms with Crippen LogP contribution in [0.2, 0.25) is 0 Å². The zero-order valence-electron chi connectivity index (χ0n) is 13.3. The molecule has 0 aliphatic rings. The minimum atomic E-state index is 0. The maximum atomic E-state index is 2.40. The molecule has 0 aromatic carbocycles. The quantitative estimate of drug-likeness (QED) is 0.375. The second-order valence-electron chi connectivity index (χ2n) is 4.97. The molecule has 0 heterocycles. The summed E-state index contributed by atoms with van der Waals surface area (Å²) in [6.07, 6.45) is 13.9. The van der Waals surface area contributed by atoms with Crippen molar-refractivity contribution in [3.8, 4) is 0 Å². The summed E-state index contributed by atoms with van der Waals surface area (Å²) in [5, 5.41) is 0. The molecule has 17 heavy (non-hydrogen) atoms. The summed E-state index contributed by atoms with van der Waals surface area (Å²) in [6, 6.07) is 0. The summed E-state index contributed by atoms with van der Waals surface area (Å²) < 4.78 is 0. The van der Waals surface area contributed by atoms with Crippen molar-refractivity contribution >= 4 is 23.1 Å². The van der Waals surface area contributed by atoms with Crippen LogP contribution >= 0.6 is 0 Å². The zero-order chi connectivity index (χ0) is 12.9. The van der Waals surface area contributed by atoms with Crippen molar-refractivity contribution in [3.05, 3.63) is 12.8 Å². The van der Waals surface area contributed by atoms with Crippen LogP contribution in [0.3, 0.4) is 0 Å². The van der Waals surface area contributed by atoms with E-state index in [4.69, 9.17) is 0 Å². The maximum absolute atomic E-state index is 2.40. The van der Waals surface area contributed by atoms with Crippen molar-refractivity contribution in [3.63, 3.8) is 0 Å². The zero-order valence-corrected chi connectivity index (χ0v) is 14.7. The molecule has 0 atom stereocenters. The molecule has 0 spiro atoms. The van der Waals surface area contributed by atoms with Crippen molar-refractivity contribution < 1.29 is 0 Å². The van der Waals surface area contributed by atoms with Crippen LogP contribution in [0.1, 0.15) is 86.5 Å². The summed E-state index contributed by atoms with van der Waals surface area (Å²) in [5.74, 6) is 0. The second-order valence-corrected chi connectivity index (χ2v) is 4.97. The Morgan fingerprint density at radius 1 is 0.882 bits per heavy atom. The van der Waals surface area contributed by atoms with E-state index in [0.717, 1.165) is 0 Å². The molecule has 0 fully saturated rings. The van der Waals surface area contributed by atoms with Crippen LogP contribution in [0.5, 0.6) is 0 Å². The summed E-state index contributed by atoms with van der Waals surface area (Å²) in [5.41, 5.74) is 0.520. The van der Waals surface area contributed by atoms with Gasteiger partial charge in [0.25, 0.3) is 0 Å². The monoisotopic (exact) mass is 250 g/mol. The molecule has 0 saturated heterocycles. The first-order valence-electron chi connectivity index (χ1n) is 7.18. The molecule has 0 amide bonds. The van der Waals surface area contributed by atoms with Gasteiger partial charge in [-0.05, 0) is 0 Å². The fourth-order valence-corrected chi connectivity index (χ4v) is 1.57. The van der Waals surface area contributed by atoms with E-state index in [9.17, 15) is 0 Å². The van der Waals surface area contributed by atoms with Crippen LogP contribution < -0.4 is 0 Å². The van der Waals surface area contributed by atoms with E-state index in [2.05, 4.69) is 54.4 Å². The van der Waals surface area contributed by atoms with Gasteiger partial charge in [-0.2, -0.15) is 25.7 Å². The Kier molecular flexibility index (Phi) is 22.6. The van der Waals surface area contributed by atoms with E-state index in [0.29, 0.717) is 5.41 Å². The number of unbranched alkanes of at least 4 members (excludes halogenated alkanes) is 3. The van der Waals surface area contributed by atoms with Crippen molar-refractivity contribution in [2.75, 3.05) is 0 Å². The van der Waals surface area contributed by atoms with E-state index >= 15 is 0 Å². The van der Waals surface area contributed by atoms with E-state index in [1.165, 1.54) is 44.9 Å². The maximum Gasteiger partial charge on any atom is 2.00 e. The standard InChI is InChI=1S/C12H25.C4H9.Mg/c1-5-8-10-12(4,7-3)11-9-6-2;1-3-4-2;/h7H,5-6,8-11H2,1-4H3;3H,4H2,1-2H3;/q2*-1;+2. The summed E-state index contributed by atoms with van der Waals surface area (Å²) in [6.45, 7) is 13.3. The molecule has 0 bridgehead atoms. The van der Waals surface area contributed by atoms with Gasteiger partial charge in [0.15, 0.2) is 0 Å². The summed E-state index contributed by atoms with van der Waals surface area (Å²) in [7, 11) is 0.